The number of likely N-dealkylation sites (tertiary alicyclic amines) is 1. The second kappa shape index (κ2) is 8.52. The van der Waals surface area contributed by atoms with Crippen molar-refractivity contribution in [1.82, 2.24) is 4.90 Å². The van der Waals surface area contributed by atoms with Gasteiger partial charge < -0.3 is 9.64 Å². The molecular formula is C20H22ClFN2O2. The van der Waals surface area contributed by atoms with Crippen LogP contribution in [-0.2, 0) is 4.74 Å². The second-order valence-corrected chi connectivity index (χ2v) is 6.96. The number of rotatable bonds is 5. The van der Waals surface area contributed by atoms with E-state index in [1.807, 2.05) is 0 Å². The molecule has 1 amide bonds. The predicted octanol–water partition coefficient (Wildman–Crippen LogP) is 5.18. The summed E-state index contributed by atoms with van der Waals surface area (Å²) >= 11 is 6.08. The van der Waals surface area contributed by atoms with Gasteiger partial charge in [0, 0.05) is 16.6 Å². The molecule has 1 atom stereocenters. The van der Waals surface area contributed by atoms with E-state index in [0.29, 0.717) is 28.9 Å². The Labute approximate surface area is 157 Å². The molecule has 1 heterocycles. The summed E-state index contributed by atoms with van der Waals surface area (Å²) in [5.41, 5.74) is 2.05. The topological polar surface area (TPSA) is 41.6 Å². The molecule has 1 saturated heterocycles. The number of nitrogens with one attached hydrogen (secondary N) is 1. The van der Waals surface area contributed by atoms with Crippen molar-refractivity contribution in [2.45, 2.75) is 25.3 Å². The molecule has 6 heteroatoms. The van der Waals surface area contributed by atoms with E-state index in [1.165, 1.54) is 18.6 Å². The molecule has 2 aromatic carbocycles. The molecule has 1 fully saturated rings. The quantitative estimate of drug-likeness (QED) is 0.781. The third-order valence-corrected chi connectivity index (χ3v) is 4.96. The van der Waals surface area contributed by atoms with Crippen LogP contribution in [0.1, 0.15) is 19.3 Å². The zero-order valence-corrected chi connectivity index (χ0v) is 15.4. The van der Waals surface area contributed by atoms with Crippen molar-refractivity contribution in [1.29, 1.82) is 0 Å². The molecule has 138 valence electrons. The zero-order chi connectivity index (χ0) is 18.5. The average molecular weight is 377 g/mol. The lowest BCUT2D eigenvalue weighted by Gasteiger charge is -2.19. The van der Waals surface area contributed by atoms with Crippen LogP contribution >= 0.6 is 11.6 Å². The summed E-state index contributed by atoms with van der Waals surface area (Å²) < 4.78 is 18.5. The molecule has 1 unspecified atom stereocenters. The summed E-state index contributed by atoms with van der Waals surface area (Å²) in [6, 6.07) is 11.7. The van der Waals surface area contributed by atoms with Crippen molar-refractivity contribution in [3.8, 4) is 11.1 Å². The summed E-state index contributed by atoms with van der Waals surface area (Å²) in [5, 5.41) is 3.30. The number of carbonyl (C=O) groups is 1. The maximum atomic E-state index is 13.2. The third kappa shape index (κ3) is 4.74. The Balaban J connectivity index is 1.63. The van der Waals surface area contributed by atoms with Crippen molar-refractivity contribution >= 4 is 23.4 Å². The van der Waals surface area contributed by atoms with Crippen LogP contribution in [0.25, 0.3) is 11.1 Å². The van der Waals surface area contributed by atoms with E-state index in [9.17, 15) is 9.18 Å². The van der Waals surface area contributed by atoms with Crippen LogP contribution in [0, 0.1) is 5.82 Å². The minimum absolute atomic E-state index is 0.318. The molecule has 0 spiro atoms. The molecule has 0 saturated carbocycles. The van der Waals surface area contributed by atoms with E-state index >= 15 is 0 Å². The highest BCUT2D eigenvalue weighted by Gasteiger charge is 2.21. The maximum absolute atomic E-state index is 13.2. The summed E-state index contributed by atoms with van der Waals surface area (Å²) in [4.78, 5) is 14.4. The fourth-order valence-corrected chi connectivity index (χ4v) is 3.44. The van der Waals surface area contributed by atoms with Gasteiger partial charge in [-0.1, -0.05) is 23.7 Å². The smallest absolute Gasteiger partial charge is 0.411 e. The fourth-order valence-electron chi connectivity index (χ4n) is 3.27. The molecule has 3 rings (SSSR count). The molecule has 1 N–H and O–H groups in total. The number of hydrogen-bond acceptors (Lipinski definition) is 3. The van der Waals surface area contributed by atoms with Crippen molar-refractivity contribution in [3.63, 3.8) is 0 Å². The number of amides is 1. The van der Waals surface area contributed by atoms with Gasteiger partial charge in [0.1, 0.15) is 5.82 Å². The number of nitrogens with zero attached hydrogens (tertiary/aromatic N) is 1. The van der Waals surface area contributed by atoms with E-state index < -0.39 is 6.09 Å². The number of benzene rings is 2. The molecule has 0 bridgehead atoms. The van der Waals surface area contributed by atoms with Gasteiger partial charge in [0.2, 0.25) is 0 Å². The third-order valence-electron chi connectivity index (χ3n) is 4.73. The van der Waals surface area contributed by atoms with E-state index in [-0.39, 0.29) is 5.82 Å². The number of ether oxygens (including phenoxy) is 1. The highest BCUT2D eigenvalue weighted by atomic mass is 35.5. The van der Waals surface area contributed by atoms with Crippen LogP contribution in [0.2, 0.25) is 5.02 Å². The van der Waals surface area contributed by atoms with Crippen LogP contribution in [0.5, 0.6) is 0 Å². The summed E-state index contributed by atoms with van der Waals surface area (Å²) in [5.74, 6) is -0.318. The second-order valence-electron chi connectivity index (χ2n) is 6.52. The van der Waals surface area contributed by atoms with Gasteiger partial charge in [0.05, 0.1) is 12.3 Å². The van der Waals surface area contributed by atoms with Gasteiger partial charge in [0.25, 0.3) is 0 Å². The number of hydrogen-bond donors (Lipinski definition) is 1. The largest absolute Gasteiger partial charge is 0.449 e. The minimum atomic E-state index is -0.503. The van der Waals surface area contributed by atoms with E-state index in [2.05, 4.69) is 17.3 Å². The first-order chi connectivity index (χ1) is 12.5. The molecule has 4 nitrogen and oxygen atoms in total. The Morgan fingerprint density at radius 3 is 2.77 bits per heavy atom. The lowest BCUT2D eigenvalue weighted by molar-refractivity contribution is 0.147. The van der Waals surface area contributed by atoms with Crippen molar-refractivity contribution in [3.05, 3.63) is 53.3 Å². The highest BCUT2D eigenvalue weighted by Crippen LogP contribution is 2.31. The van der Waals surface area contributed by atoms with Crippen LogP contribution in [0.3, 0.4) is 0 Å². The first-order valence-electron chi connectivity index (χ1n) is 8.72. The van der Waals surface area contributed by atoms with E-state index in [1.54, 1.807) is 30.3 Å². The monoisotopic (exact) mass is 376 g/mol. The van der Waals surface area contributed by atoms with Gasteiger partial charge >= 0.3 is 6.09 Å². The van der Waals surface area contributed by atoms with Gasteiger partial charge in [0.15, 0.2) is 0 Å². The van der Waals surface area contributed by atoms with Crippen molar-refractivity contribution in [2.24, 2.45) is 0 Å². The summed E-state index contributed by atoms with van der Waals surface area (Å²) in [6.45, 7) is 1.48. The number of carbonyl (C=O) groups excluding carboxylic acids is 1. The molecule has 0 radical (unpaired) electrons. The van der Waals surface area contributed by atoms with Crippen LogP contribution in [0.4, 0.5) is 14.9 Å². The van der Waals surface area contributed by atoms with Crippen molar-refractivity contribution < 1.29 is 13.9 Å². The first kappa shape index (κ1) is 18.7. The Morgan fingerprint density at radius 1 is 1.31 bits per heavy atom. The summed E-state index contributed by atoms with van der Waals surface area (Å²) in [6.07, 6.45) is 2.67. The van der Waals surface area contributed by atoms with Crippen LogP contribution < -0.4 is 5.32 Å². The molecule has 0 aromatic heterocycles. The standard InChI is InChI=1S/C20H22ClFN2O2/c1-24-11-2-3-17(24)10-12-26-20(25)23-19-9-6-15(21)13-18(19)14-4-7-16(22)8-5-14/h4-9,13,17H,2-3,10-12H2,1H3,(H,23,25). The van der Waals surface area contributed by atoms with Gasteiger partial charge in [-0.3, -0.25) is 5.32 Å². The van der Waals surface area contributed by atoms with Crippen molar-refractivity contribution in [2.75, 3.05) is 25.5 Å². The maximum Gasteiger partial charge on any atom is 0.411 e. The molecule has 2 aromatic rings. The lowest BCUT2D eigenvalue weighted by atomic mass is 10.0. The molecule has 1 aliphatic rings. The number of halogens is 2. The minimum Gasteiger partial charge on any atom is -0.449 e. The molecule has 26 heavy (non-hydrogen) atoms. The zero-order valence-electron chi connectivity index (χ0n) is 14.7. The Bertz CT molecular complexity index is 767. The predicted molar refractivity (Wildman–Crippen MR) is 102 cm³/mol. The SMILES string of the molecule is CN1CCCC1CCOC(=O)Nc1ccc(Cl)cc1-c1ccc(F)cc1. The first-order valence-corrected chi connectivity index (χ1v) is 9.10. The Morgan fingerprint density at radius 2 is 2.08 bits per heavy atom. The van der Waals surface area contributed by atoms with Gasteiger partial charge in [-0.05, 0) is 68.8 Å². The van der Waals surface area contributed by atoms with Gasteiger partial charge in [-0.25, -0.2) is 9.18 Å². The fraction of sp³-hybridized carbons (Fsp3) is 0.350. The summed E-state index contributed by atoms with van der Waals surface area (Å²) in [7, 11) is 2.10. The Kier molecular flexibility index (Phi) is 6.12. The lowest BCUT2D eigenvalue weighted by Crippen LogP contribution is -2.27. The molecule has 0 aliphatic carbocycles. The molecular weight excluding hydrogens is 355 g/mol. The van der Waals surface area contributed by atoms with Gasteiger partial charge in [-0.2, -0.15) is 0 Å². The highest BCUT2D eigenvalue weighted by molar-refractivity contribution is 6.31. The van der Waals surface area contributed by atoms with Gasteiger partial charge in [-0.15, -0.1) is 0 Å². The molecule has 1 aliphatic heterocycles. The van der Waals surface area contributed by atoms with Crippen LogP contribution in [0.15, 0.2) is 42.5 Å². The number of anilines is 1. The van der Waals surface area contributed by atoms with E-state index in [4.69, 9.17) is 16.3 Å². The average Bonchev–Trinajstić information content (AvgIpc) is 3.02. The van der Waals surface area contributed by atoms with Crippen LogP contribution in [-0.4, -0.2) is 37.2 Å². The normalized spacial score (nSPS) is 17.3. The van der Waals surface area contributed by atoms with E-state index in [0.717, 1.165) is 24.9 Å². The Hall–Kier alpha value is -2.11.